The zero-order chi connectivity index (χ0) is 36.9. The van der Waals surface area contributed by atoms with Crippen molar-refractivity contribution in [1.82, 2.24) is 0 Å². The molecule has 2 aliphatic heterocycles. The Labute approximate surface area is 323 Å². The summed E-state index contributed by atoms with van der Waals surface area (Å²) < 4.78 is 13.5. The summed E-state index contributed by atoms with van der Waals surface area (Å²) in [5.41, 5.74) is 19.4. The Hall–Kier alpha value is -6.98. The number of benzene rings is 8. The molecule has 10 aromatic rings. The van der Waals surface area contributed by atoms with Crippen molar-refractivity contribution in [3.05, 3.63) is 175 Å². The van der Waals surface area contributed by atoms with Crippen molar-refractivity contribution in [2.45, 2.75) is 19.3 Å². The van der Waals surface area contributed by atoms with Crippen molar-refractivity contribution in [2.24, 2.45) is 0 Å². The van der Waals surface area contributed by atoms with Gasteiger partial charge in [0.2, 0.25) is 0 Å². The number of hydrogen-bond acceptors (Lipinski definition) is 4. The molecule has 0 unspecified atom stereocenters. The lowest BCUT2D eigenvalue weighted by molar-refractivity contribution is 0.620. The summed E-state index contributed by atoms with van der Waals surface area (Å²) in [6, 6.07) is 59.6. The Morgan fingerprint density at radius 3 is 1.93 bits per heavy atom. The highest BCUT2D eigenvalue weighted by Gasteiger charge is 2.44. The Kier molecular flexibility index (Phi) is 5.76. The molecule has 1 aliphatic carbocycles. The van der Waals surface area contributed by atoms with Gasteiger partial charge in [0.05, 0.1) is 5.69 Å². The van der Waals surface area contributed by atoms with E-state index in [2.05, 4.69) is 175 Å². The smallest absolute Gasteiger partial charge is 0.252 e. The summed E-state index contributed by atoms with van der Waals surface area (Å²) in [6.45, 7) is 4.72. The number of fused-ring (bicyclic) bond motifs is 14. The summed E-state index contributed by atoms with van der Waals surface area (Å²) in [5.74, 6) is 0. The average molecular weight is 717 g/mol. The van der Waals surface area contributed by atoms with Gasteiger partial charge in [-0.3, -0.25) is 0 Å². The van der Waals surface area contributed by atoms with Gasteiger partial charge in [0, 0.05) is 61.0 Å². The fourth-order valence-electron chi connectivity index (χ4n) is 10.5. The number of nitrogens with zero attached hydrogens (tertiary/aromatic N) is 2. The Bertz CT molecular complexity index is 3330. The summed E-state index contributed by atoms with van der Waals surface area (Å²) >= 11 is 0. The zero-order valence-corrected chi connectivity index (χ0v) is 30.9. The van der Waals surface area contributed by atoms with Gasteiger partial charge in [-0.05, 0) is 93.7 Å². The van der Waals surface area contributed by atoms with E-state index < -0.39 is 0 Å². The molecule has 0 saturated carbocycles. The summed E-state index contributed by atoms with van der Waals surface area (Å²) in [7, 11) is 0. The summed E-state index contributed by atoms with van der Waals surface area (Å²) in [6.07, 6.45) is 0. The maximum absolute atomic E-state index is 7.23. The molecule has 56 heavy (non-hydrogen) atoms. The van der Waals surface area contributed by atoms with Crippen LogP contribution in [0.5, 0.6) is 0 Å². The molecule has 8 aromatic carbocycles. The maximum Gasteiger partial charge on any atom is 0.252 e. The molecule has 262 valence electrons. The van der Waals surface area contributed by atoms with Gasteiger partial charge in [-0.1, -0.05) is 117 Å². The lowest BCUT2D eigenvalue weighted by atomic mass is 9.33. The van der Waals surface area contributed by atoms with Gasteiger partial charge in [-0.25, -0.2) is 0 Å². The molecule has 13 rings (SSSR count). The van der Waals surface area contributed by atoms with Crippen LogP contribution in [0.15, 0.2) is 173 Å². The summed E-state index contributed by atoms with van der Waals surface area (Å²) in [5, 5.41) is 4.52. The van der Waals surface area contributed by atoms with E-state index in [1.54, 1.807) is 0 Å². The molecule has 4 nitrogen and oxygen atoms in total. The van der Waals surface area contributed by atoms with Crippen LogP contribution in [0.3, 0.4) is 0 Å². The van der Waals surface area contributed by atoms with E-state index in [-0.39, 0.29) is 12.1 Å². The van der Waals surface area contributed by atoms with Gasteiger partial charge in [0.1, 0.15) is 16.7 Å². The first-order valence-electron chi connectivity index (χ1n) is 19.5. The molecule has 0 amide bonds. The highest BCUT2D eigenvalue weighted by atomic mass is 16.3. The second-order valence-corrected chi connectivity index (χ2v) is 16.0. The minimum absolute atomic E-state index is 0.0528. The van der Waals surface area contributed by atoms with Crippen LogP contribution in [0.4, 0.5) is 34.1 Å². The minimum atomic E-state index is -0.189. The summed E-state index contributed by atoms with van der Waals surface area (Å²) in [4.78, 5) is 4.90. The first-order chi connectivity index (χ1) is 27.6. The molecule has 5 heteroatoms. The van der Waals surface area contributed by atoms with Crippen molar-refractivity contribution in [3.63, 3.8) is 0 Å². The van der Waals surface area contributed by atoms with E-state index in [9.17, 15) is 0 Å². The van der Waals surface area contributed by atoms with E-state index in [4.69, 9.17) is 8.83 Å². The topological polar surface area (TPSA) is 32.8 Å². The van der Waals surface area contributed by atoms with E-state index in [0.29, 0.717) is 0 Å². The molecule has 0 bridgehead atoms. The molecule has 0 spiro atoms. The Morgan fingerprint density at radius 2 is 1.07 bits per heavy atom. The fraction of sp³-hybridized carbons (Fsp3) is 0.0588. The van der Waals surface area contributed by atoms with E-state index >= 15 is 0 Å². The average Bonchev–Trinajstić information content (AvgIpc) is 3.88. The van der Waals surface area contributed by atoms with Crippen molar-refractivity contribution in [2.75, 3.05) is 9.80 Å². The molecular weight excluding hydrogens is 683 g/mol. The normalized spacial score (nSPS) is 14.6. The van der Waals surface area contributed by atoms with Crippen LogP contribution in [0.1, 0.15) is 25.0 Å². The fourth-order valence-corrected chi connectivity index (χ4v) is 10.5. The van der Waals surface area contributed by atoms with Crippen molar-refractivity contribution < 1.29 is 8.83 Å². The number of anilines is 6. The Balaban J connectivity index is 1.07. The van der Waals surface area contributed by atoms with E-state index in [1.165, 1.54) is 55.7 Å². The van der Waals surface area contributed by atoms with Crippen LogP contribution in [-0.2, 0) is 5.41 Å². The minimum Gasteiger partial charge on any atom is -0.456 e. The van der Waals surface area contributed by atoms with Crippen molar-refractivity contribution in [1.29, 1.82) is 0 Å². The predicted octanol–water partition coefficient (Wildman–Crippen LogP) is 11.9. The lowest BCUT2D eigenvalue weighted by Crippen LogP contribution is -2.61. The van der Waals surface area contributed by atoms with Crippen molar-refractivity contribution >= 4 is 101 Å². The van der Waals surface area contributed by atoms with Gasteiger partial charge < -0.3 is 18.6 Å². The molecule has 4 heterocycles. The van der Waals surface area contributed by atoms with Crippen LogP contribution < -0.4 is 26.2 Å². The van der Waals surface area contributed by atoms with Gasteiger partial charge in [-0.15, -0.1) is 0 Å². The molecule has 2 aromatic heterocycles. The van der Waals surface area contributed by atoms with Crippen molar-refractivity contribution in [3.8, 4) is 11.1 Å². The van der Waals surface area contributed by atoms with Gasteiger partial charge in [0.25, 0.3) is 6.71 Å². The quantitative estimate of drug-likeness (QED) is 0.167. The molecular formula is C51H33BN2O2. The third-order valence-corrected chi connectivity index (χ3v) is 12.8. The third kappa shape index (κ3) is 3.75. The Morgan fingerprint density at radius 1 is 0.446 bits per heavy atom. The lowest BCUT2D eigenvalue weighted by Gasteiger charge is -2.43. The maximum atomic E-state index is 7.23. The van der Waals surface area contributed by atoms with Crippen LogP contribution in [0, 0.1) is 0 Å². The second-order valence-electron chi connectivity index (χ2n) is 16.0. The highest BCUT2D eigenvalue weighted by Crippen LogP contribution is 2.54. The second kappa shape index (κ2) is 10.6. The molecule has 0 N–H and O–H groups in total. The SMILES string of the molecule is CC1(C)c2ccccc2-c2ccc3c(oc4c(N5c6ccccc6B6c7ccccc7N(c7ccc8oc9ccccc9c8c7)c7cccc5c76)cccc43)c21. The van der Waals surface area contributed by atoms with Gasteiger partial charge in [0.15, 0.2) is 5.58 Å². The van der Waals surface area contributed by atoms with Crippen LogP contribution in [-0.4, -0.2) is 6.71 Å². The molecule has 3 aliphatic rings. The predicted molar refractivity (Wildman–Crippen MR) is 233 cm³/mol. The largest absolute Gasteiger partial charge is 0.456 e. The van der Waals surface area contributed by atoms with Gasteiger partial charge in [-0.2, -0.15) is 0 Å². The molecule has 0 atom stereocenters. The number of para-hydroxylation sites is 4. The number of hydrogen-bond donors (Lipinski definition) is 0. The monoisotopic (exact) mass is 716 g/mol. The highest BCUT2D eigenvalue weighted by molar-refractivity contribution is 7.00. The van der Waals surface area contributed by atoms with Gasteiger partial charge >= 0.3 is 0 Å². The standard InChI is InChI=1S/C51H33BN2O2/c1-51(2)37-16-5-3-13-31(37)33-26-27-35-34-15-11-23-44(49(34)56-50(35)47(33)51)54-41-20-9-7-18-39(41)52-38-17-6-8-19-40(38)53(42-21-12-22-43(54)48(42)52)30-25-28-46-36(29-30)32-14-4-10-24-45(32)55-46/h3-29H,1-2H3. The number of furan rings is 2. The van der Waals surface area contributed by atoms with E-state index in [0.717, 1.165) is 60.9 Å². The first-order valence-corrected chi connectivity index (χ1v) is 19.5. The zero-order valence-electron chi connectivity index (χ0n) is 30.9. The van der Waals surface area contributed by atoms with Crippen LogP contribution >= 0.6 is 0 Å². The first kappa shape index (κ1) is 30.4. The molecule has 0 saturated heterocycles. The third-order valence-electron chi connectivity index (χ3n) is 12.8. The number of rotatable bonds is 2. The van der Waals surface area contributed by atoms with Crippen LogP contribution in [0.2, 0.25) is 0 Å². The molecule has 0 fully saturated rings. The van der Waals surface area contributed by atoms with Crippen LogP contribution in [0.25, 0.3) is 55.0 Å². The van der Waals surface area contributed by atoms with E-state index in [1.807, 2.05) is 12.1 Å². The molecule has 0 radical (unpaired) electrons.